The average molecular weight is 301 g/mol. The van der Waals surface area contributed by atoms with Crippen molar-refractivity contribution in [1.29, 1.82) is 0 Å². The van der Waals surface area contributed by atoms with E-state index in [0.717, 1.165) is 35.3 Å². The summed E-state index contributed by atoms with van der Waals surface area (Å²) in [4.78, 5) is 32.9. The number of hydrogen-bond donors (Lipinski definition) is 2. The second-order valence-corrected chi connectivity index (χ2v) is 5.89. The Kier molecular flexibility index (Phi) is 3.60. The van der Waals surface area contributed by atoms with Crippen molar-refractivity contribution in [2.45, 2.75) is 32.7 Å². The summed E-state index contributed by atoms with van der Waals surface area (Å²) in [5, 5.41) is 9.04. The summed E-state index contributed by atoms with van der Waals surface area (Å²) in [5.41, 5.74) is 2.95. The third-order valence-electron chi connectivity index (χ3n) is 4.25. The lowest BCUT2D eigenvalue weighted by molar-refractivity contribution is -0.150. The Morgan fingerprint density at radius 3 is 2.95 bits per heavy atom. The number of likely N-dealkylation sites (tertiary alicyclic amines) is 1. The van der Waals surface area contributed by atoms with Gasteiger partial charge in [-0.2, -0.15) is 0 Å². The van der Waals surface area contributed by atoms with Crippen molar-refractivity contribution in [3.63, 3.8) is 0 Å². The van der Waals surface area contributed by atoms with Gasteiger partial charge in [0.15, 0.2) is 0 Å². The molecule has 0 spiro atoms. The largest absolute Gasteiger partial charge is 0.481 e. The number of aromatic nitrogens is 2. The van der Waals surface area contributed by atoms with Crippen LogP contribution in [-0.2, 0) is 9.59 Å². The number of carboxylic acid groups (broad SMARTS) is 1. The molecule has 0 radical (unpaired) electrons. The number of hydrogen-bond acceptors (Lipinski definition) is 3. The summed E-state index contributed by atoms with van der Waals surface area (Å²) in [5.74, 6) is -1.71. The number of fused-ring (bicyclic) bond motifs is 1. The van der Waals surface area contributed by atoms with E-state index in [-0.39, 0.29) is 11.9 Å². The first-order valence-electron chi connectivity index (χ1n) is 7.47. The second-order valence-electron chi connectivity index (χ2n) is 5.89. The number of imidazole rings is 1. The van der Waals surface area contributed by atoms with Gasteiger partial charge >= 0.3 is 5.97 Å². The number of aryl methyl sites for hydroxylation is 1. The standard InChI is InChI=1S/C16H19N3O3/c1-9-5-6-11-12(8-9)18-14(17-11)13-4-3-7-19(13)15(20)10(2)16(21)22/h5-6,8,10,13H,3-4,7H2,1-2H3,(H,17,18)(H,21,22). The summed E-state index contributed by atoms with van der Waals surface area (Å²) < 4.78 is 0. The van der Waals surface area contributed by atoms with Gasteiger partial charge in [0.2, 0.25) is 5.91 Å². The van der Waals surface area contributed by atoms with Crippen LogP contribution in [0.15, 0.2) is 18.2 Å². The Morgan fingerprint density at radius 1 is 1.45 bits per heavy atom. The van der Waals surface area contributed by atoms with E-state index in [1.165, 1.54) is 6.92 Å². The highest BCUT2D eigenvalue weighted by Crippen LogP contribution is 2.32. The minimum absolute atomic E-state index is 0.165. The number of aromatic amines is 1. The van der Waals surface area contributed by atoms with E-state index < -0.39 is 11.9 Å². The number of nitrogens with zero attached hydrogens (tertiary/aromatic N) is 2. The van der Waals surface area contributed by atoms with Crippen LogP contribution in [0.5, 0.6) is 0 Å². The number of carbonyl (C=O) groups is 2. The summed E-state index contributed by atoms with van der Waals surface area (Å²) in [6.07, 6.45) is 1.66. The van der Waals surface area contributed by atoms with Gasteiger partial charge in [-0.15, -0.1) is 0 Å². The van der Waals surface area contributed by atoms with Crippen LogP contribution in [0.2, 0.25) is 0 Å². The van der Waals surface area contributed by atoms with Crippen molar-refractivity contribution < 1.29 is 14.7 Å². The van der Waals surface area contributed by atoms with Gasteiger partial charge in [-0.3, -0.25) is 9.59 Å². The highest BCUT2D eigenvalue weighted by molar-refractivity contribution is 5.96. The Balaban J connectivity index is 1.91. The summed E-state index contributed by atoms with van der Waals surface area (Å²) >= 11 is 0. The lowest BCUT2D eigenvalue weighted by atomic mass is 10.1. The molecule has 1 aliphatic rings. The zero-order chi connectivity index (χ0) is 15.9. The first-order chi connectivity index (χ1) is 10.5. The van der Waals surface area contributed by atoms with Gasteiger partial charge in [0.05, 0.1) is 17.1 Å². The molecule has 1 saturated heterocycles. The molecular weight excluding hydrogens is 282 g/mol. The maximum atomic E-state index is 12.3. The monoisotopic (exact) mass is 301 g/mol. The maximum absolute atomic E-state index is 12.3. The predicted molar refractivity (Wildman–Crippen MR) is 81.3 cm³/mol. The number of carbonyl (C=O) groups excluding carboxylic acids is 1. The summed E-state index contributed by atoms with van der Waals surface area (Å²) in [6, 6.07) is 5.80. The molecule has 3 rings (SSSR count). The summed E-state index contributed by atoms with van der Waals surface area (Å²) in [6.45, 7) is 4.03. The Hall–Kier alpha value is -2.37. The molecule has 6 heteroatoms. The van der Waals surface area contributed by atoms with Gasteiger partial charge in [-0.25, -0.2) is 4.98 Å². The second kappa shape index (κ2) is 5.44. The Bertz CT molecular complexity index is 737. The van der Waals surface area contributed by atoms with Crippen molar-refractivity contribution in [3.05, 3.63) is 29.6 Å². The molecular formula is C16H19N3O3. The highest BCUT2D eigenvalue weighted by Gasteiger charge is 2.36. The van der Waals surface area contributed by atoms with Crippen LogP contribution >= 0.6 is 0 Å². The number of carboxylic acids is 1. The van der Waals surface area contributed by atoms with Crippen LogP contribution in [0.25, 0.3) is 11.0 Å². The Morgan fingerprint density at radius 2 is 2.23 bits per heavy atom. The molecule has 0 saturated carbocycles. The topological polar surface area (TPSA) is 86.3 Å². The number of benzene rings is 1. The normalized spacial score (nSPS) is 19.5. The van der Waals surface area contributed by atoms with E-state index in [2.05, 4.69) is 9.97 Å². The molecule has 2 aromatic rings. The van der Waals surface area contributed by atoms with Crippen LogP contribution in [0, 0.1) is 12.8 Å². The first-order valence-corrected chi connectivity index (χ1v) is 7.47. The highest BCUT2D eigenvalue weighted by atomic mass is 16.4. The number of aliphatic carboxylic acids is 1. The van der Waals surface area contributed by atoms with Crippen molar-refractivity contribution >= 4 is 22.9 Å². The fourth-order valence-electron chi connectivity index (χ4n) is 2.97. The molecule has 2 N–H and O–H groups in total. The van der Waals surface area contributed by atoms with Crippen LogP contribution in [0.4, 0.5) is 0 Å². The summed E-state index contributed by atoms with van der Waals surface area (Å²) in [7, 11) is 0. The first kappa shape index (κ1) is 14.6. The lowest BCUT2D eigenvalue weighted by Crippen LogP contribution is -2.38. The fourth-order valence-corrected chi connectivity index (χ4v) is 2.97. The molecule has 0 aliphatic carbocycles. The molecule has 116 valence electrons. The number of amides is 1. The number of H-pyrrole nitrogens is 1. The van der Waals surface area contributed by atoms with Gasteiger partial charge in [-0.1, -0.05) is 6.07 Å². The molecule has 2 atom stereocenters. The van der Waals surface area contributed by atoms with Gasteiger partial charge in [0, 0.05) is 6.54 Å². The predicted octanol–water partition coefficient (Wildman–Crippen LogP) is 2.26. The number of nitrogens with one attached hydrogen (secondary N) is 1. The average Bonchev–Trinajstić information content (AvgIpc) is 3.10. The minimum Gasteiger partial charge on any atom is -0.481 e. The molecule has 0 bridgehead atoms. The molecule has 1 amide bonds. The molecule has 1 aromatic heterocycles. The van der Waals surface area contributed by atoms with Crippen molar-refractivity contribution in [2.24, 2.45) is 5.92 Å². The van der Waals surface area contributed by atoms with Crippen molar-refractivity contribution in [2.75, 3.05) is 6.54 Å². The fraction of sp³-hybridized carbons (Fsp3) is 0.438. The van der Waals surface area contributed by atoms with Gasteiger partial charge < -0.3 is 15.0 Å². The molecule has 1 aliphatic heterocycles. The van der Waals surface area contributed by atoms with Gasteiger partial charge in [0.25, 0.3) is 0 Å². The minimum atomic E-state index is -1.09. The van der Waals surface area contributed by atoms with E-state index in [1.807, 2.05) is 25.1 Å². The molecule has 6 nitrogen and oxygen atoms in total. The van der Waals surface area contributed by atoms with Crippen LogP contribution in [0.1, 0.15) is 37.2 Å². The number of rotatable bonds is 3. The van der Waals surface area contributed by atoms with E-state index in [4.69, 9.17) is 5.11 Å². The molecule has 2 unspecified atom stereocenters. The van der Waals surface area contributed by atoms with Crippen LogP contribution in [0.3, 0.4) is 0 Å². The third kappa shape index (κ3) is 2.45. The van der Waals surface area contributed by atoms with Crippen molar-refractivity contribution in [1.82, 2.24) is 14.9 Å². The SMILES string of the molecule is Cc1ccc2nc(C3CCCN3C(=O)C(C)C(=O)O)[nH]c2c1. The van der Waals surface area contributed by atoms with E-state index >= 15 is 0 Å². The Labute approximate surface area is 128 Å². The van der Waals surface area contributed by atoms with Crippen molar-refractivity contribution in [3.8, 4) is 0 Å². The maximum Gasteiger partial charge on any atom is 0.315 e. The smallest absolute Gasteiger partial charge is 0.315 e. The molecule has 22 heavy (non-hydrogen) atoms. The van der Waals surface area contributed by atoms with E-state index in [9.17, 15) is 9.59 Å². The zero-order valence-electron chi connectivity index (χ0n) is 12.7. The van der Waals surface area contributed by atoms with Gasteiger partial charge in [-0.05, 0) is 44.4 Å². The molecule has 1 fully saturated rings. The van der Waals surface area contributed by atoms with Gasteiger partial charge in [0.1, 0.15) is 11.7 Å². The molecule has 1 aromatic carbocycles. The lowest BCUT2D eigenvalue weighted by Gasteiger charge is -2.24. The molecule has 2 heterocycles. The third-order valence-corrected chi connectivity index (χ3v) is 4.25. The van der Waals surface area contributed by atoms with E-state index in [1.54, 1.807) is 4.90 Å². The van der Waals surface area contributed by atoms with Crippen LogP contribution in [-0.4, -0.2) is 38.4 Å². The van der Waals surface area contributed by atoms with E-state index in [0.29, 0.717) is 6.54 Å². The van der Waals surface area contributed by atoms with Crippen LogP contribution < -0.4 is 0 Å². The zero-order valence-corrected chi connectivity index (χ0v) is 12.7. The quantitative estimate of drug-likeness (QED) is 0.851.